The number of hydrogen-bond acceptors (Lipinski definition) is 5. The van der Waals surface area contributed by atoms with Gasteiger partial charge in [-0.15, -0.1) is 10.2 Å². The molecule has 1 unspecified atom stereocenters. The minimum atomic E-state index is -0.671. The Bertz CT molecular complexity index is 1170. The molecule has 5 nitrogen and oxygen atoms in total. The number of halogens is 3. The molecular formula is C22H16Cl2FN3O2. The lowest BCUT2D eigenvalue weighted by Crippen LogP contribution is -2.14. The fourth-order valence-corrected chi connectivity index (χ4v) is 3.45. The fraction of sp³-hybridized carbons (Fsp3) is 0.0909. The molecule has 4 aromatic rings. The van der Waals surface area contributed by atoms with Crippen molar-refractivity contribution < 1.29 is 13.5 Å². The molecule has 1 aromatic heterocycles. The molecule has 0 radical (unpaired) electrons. The molecule has 1 atom stereocenters. The van der Waals surface area contributed by atoms with Gasteiger partial charge in [0.1, 0.15) is 17.6 Å². The normalized spacial score (nSPS) is 11.9. The summed E-state index contributed by atoms with van der Waals surface area (Å²) in [5, 5.41) is 12.4. The molecule has 0 aliphatic carbocycles. The van der Waals surface area contributed by atoms with Crippen molar-refractivity contribution in [1.82, 2.24) is 10.2 Å². The van der Waals surface area contributed by atoms with Gasteiger partial charge in [0.25, 0.3) is 0 Å². The molecule has 1 N–H and O–H groups in total. The van der Waals surface area contributed by atoms with E-state index >= 15 is 0 Å². The minimum absolute atomic E-state index is 0.216. The zero-order chi connectivity index (χ0) is 21.1. The predicted molar refractivity (Wildman–Crippen MR) is 115 cm³/mol. The van der Waals surface area contributed by atoms with Gasteiger partial charge in [0.05, 0.1) is 12.8 Å². The number of hydrogen-bond donors (Lipinski definition) is 1. The van der Waals surface area contributed by atoms with Crippen molar-refractivity contribution in [3.63, 3.8) is 0 Å². The molecule has 0 spiro atoms. The van der Waals surface area contributed by atoms with Crippen LogP contribution in [0, 0.1) is 5.82 Å². The van der Waals surface area contributed by atoms with E-state index < -0.39 is 11.9 Å². The Morgan fingerprint density at radius 3 is 2.53 bits per heavy atom. The Morgan fingerprint density at radius 2 is 1.80 bits per heavy atom. The Morgan fingerprint density at radius 1 is 1.00 bits per heavy atom. The Balaban J connectivity index is 1.79. The summed E-state index contributed by atoms with van der Waals surface area (Å²) in [5.41, 5.74) is 1.93. The van der Waals surface area contributed by atoms with Crippen LogP contribution in [0.5, 0.6) is 5.75 Å². The first-order valence-electron chi connectivity index (χ1n) is 8.99. The number of methoxy groups -OCH3 is 1. The maximum Gasteiger partial charge on any atom is 0.247 e. The van der Waals surface area contributed by atoms with Crippen LogP contribution in [0.3, 0.4) is 0 Å². The van der Waals surface area contributed by atoms with Crippen molar-refractivity contribution in [3.05, 3.63) is 94.0 Å². The van der Waals surface area contributed by atoms with Crippen LogP contribution in [0.1, 0.15) is 17.5 Å². The summed E-state index contributed by atoms with van der Waals surface area (Å²) in [5.74, 6) is 0.724. The number of benzene rings is 3. The van der Waals surface area contributed by atoms with Gasteiger partial charge in [0.2, 0.25) is 11.8 Å². The topological polar surface area (TPSA) is 60.2 Å². The van der Waals surface area contributed by atoms with E-state index in [2.05, 4.69) is 15.5 Å². The third kappa shape index (κ3) is 4.25. The molecule has 4 rings (SSSR count). The molecular weight excluding hydrogens is 428 g/mol. The summed E-state index contributed by atoms with van der Waals surface area (Å²) in [6.07, 6.45) is 0. The monoisotopic (exact) mass is 443 g/mol. The molecule has 152 valence electrons. The highest BCUT2D eigenvalue weighted by atomic mass is 35.5. The van der Waals surface area contributed by atoms with Crippen molar-refractivity contribution in [2.45, 2.75) is 6.04 Å². The summed E-state index contributed by atoms with van der Waals surface area (Å²) < 4.78 is 25.0. The molecule has 0 bridgehead atoms. The molecule has 8 heteroatoms. The highest BCUT2D eigenvalue weighted by Crippen LogP contribution is 2.36. The van der Waals surface area contributed by atoms with Gasteiger partial charge < -0.3 is 14.5 Å². The van der Waals surface area contributed by atoms with Gasteiger partial charge in [-0.25, -0.2) is 4.39 Å². The number of ether oxygens (including phenoxy) is 1. The highest BCUT2D eigenvalue weighted by molar-refractivity contribution is 6.31. The summed E-state index contributed by atoms with van der Waals surface area (Å²) in [6, 6.07) is 18.0. The van der Waals surface area contributed by atoms with Crippen LogP contribution in [0.15, 0.2) is 71.1 Å². The summed E-state index contributed by atoms with van der Waals surface area (Å²) in [4.78, 5) is 0. The van der Waals surface area contributed by atoms with E-state index in [4.69, 9.17) is 32.4 Å². The van der Waals surface area contributed by atoms with Gasteiger partial charge in [0, 0.05) is 21.2 Å². The summed E-state index contributed by atoms with van der Waals surface area (Å²) >= 11 is 12.5. The number of anilines is 1. The zero-order valence-corrected chi connectivity index (χ0v) is 17.3. The zero-order valence-electron chi connectivity index (χ0n) is 15.8. The van der Waals surface area contributed by atoms with Gasteiger partial charge >= 0.3 is 0 Å². The van der Waals surface area contributed by atoms with Gasteiger partial charge in [0.15, 0.2) is 0 Å². The average Bonchev–Trinajstić information content (AvgIpc) is 3.23. The first kappa shape index (κ1) is 20.2. The van der Waals surface area contributed by atoms with Crippen LogP contribution in [-0.2, 0) is 0 Å². The van der Waals surface area contributed by atoms with Crippen molar-refractivity contribution in [2.75, 3.05) is 12.4 Å². The number of nitrogens with one attached hydrogen (secondary N) is 1. The largest absolute Gasteiger partial charge is 0.495 e. The maximum atomic E-state index is 13.6. The molecule has 0 saturated carbocycles. The lowest BCUT2D eigenvalue weighted by atomic mass is 10.1. The van der Waals surface area contributed by atoms with Crippen LogP contribution in [0.4, 0.5) is 10.1 Å². The van der Waals surface area contributed by atoms with Crippen LogP contribution in [0.25, 0.3) is 11.5 Å². The number of aromatic nitrogens is 2. The van der Waals surface area contributed by atoms with Gasteiger partial charge in [-0.3, -0.25) is 0 Å². The summed E-state index contributed by atoms with van der Waals surface area (Å²) in [6.45, 7) is 0. The molecule has 3 aromatic carbocycles. The van der Waals surface area contributed by atoms with Crippen LogP contribution >= 0.6 is 23.2 Å². The molecule has 0 fully saturated rings. The predicted octanol–water partition coefficient (Wildman–Crippen LogP) is 6.39. The SMILES string of the molecule is COc1ccc(Cl)cc1NC(c1nnc(-c2ccccc2)o1)c1ccc(F)cc1Cl. The molecule has 0 aliphatic heterocycles. The average molecular weight is 444 g/mol. The first-order valence-corrected chi connectivity index (χ1v) is 9.74. The van der Waals surface area contributed by atoms with E-state index in [1.54, 1.807) is 31.4 Å². The second kappa shape index (κ2) is 8.73. The standard InChI is InChI=1S/C22H16Cl2FN3O2/c1-29-19-10-7-14(23)11-18(19)26-20(16-9-8-15(25)12-17(16)24)22-28-27-21(30-22)13-5-3-2-4-6-13/h2-12,20,26H,1H3. The third-order valence-electron chi connectivity index (χ3n) is 4.44. The maximum absolute atomic E-state index is 13.6. The van der Waals surface area contributed by atoms with E-state index in [1.807, 2.05) is 30.3 Å². The number of nitrogens with zero attached hydrogens (tertiary/aromatic N) is 2. The van der Waals surface area contributed by atoms with Crippen LogP contribution in [0.2, 0.25) is 10.0 Å². The molecule has 0 aliphatic rings. The first-order chi connectivity index (χ1) is 14.5. The second-order valence-electron chi connectivity index (χ2n) is 6.40. The van der Waals surface area contributed by atoms with Crippen molar-refractivity contribution in [3.8, 4) is 17.2 Å². The van der Waals surface area contributed by atoms with E-state index in [1.165, 1.54) is 12.1 Å². The molecule has 0 amide bonds. The van der Waals surface area contributed by atoms with E-state index in [0.29, 0.717) is 27.9 Å². The van der Waals surface area contributed by atoms with Crippen molar-refractivity contribution in [1.29, 1.82) is 0 Å². The summed E-state index contributed by atoms with van der Waals surface area (Å²) in [7, 11) is 1.55. The van der Waals surface area contributed by atoms with Gasteiger partial charge in [-0.1, -0.05) is 47.5 Å². The highest BCUT2D eigenvalue weighted by Gasteiger charge is 2.25. The van der Waals surface area contributed by atoms with Crippen molar-refractivity contribution in [2.24, 2.45) is 0 Å². The quantitative estimate of drug-likeness (QED) is 0.373. The smallest absolute Gasteiger partial charge is 0.247 e. The fourth-order valence-electron chi connectivity index (χ4n) is 3.01. The molecule has 1 heterocycles. The Labute approximate surface area is 182 Å². The lowest BCUT2D eigenvalue weighted by molar-refractivity contribution is 0.415. The van der Waals surface area contributed by atoms with Crippen LogP contribution in [-0.4, -0.2) is 17.3 Å². The van der Waals surface area contributed by atoms with E-state index in [0.717, 1.165) is 5.56 Å². The van der Waals surface area contributed by atoms with E-state index in [-0.39, 0.29) is 10.9 Å². The number of rotatable bonds is 6. The Hall–Kier alpha value is -3.09. The molecule has 30 heavy (non-hydrogen) atoms. The minimum Gasteiger partial charge on any atom is -0.495 e. The van der Waals surface area contributed by atoms with Crippen molar-refractivity contribution >= 4 is 28.9 Å². The lowest BCUT2D eigenvalue weighted by Gasteiger charge is -2.20. The van der Waals surface area contributed by atoms with Crippen LogP contribution < -0.4 is 10.1 Å². The Kier molecular flexibility index (Phi) is 5.88. The second-order valence-corrected chi connectivity index (χ2v) is 7.24. The molecule has 0 saturated heterocycles. The van der Waals surface area contributed by atoms with Gasteiger partial charge in [-0.2, -0.15) is 0 Å². The third-order valence-corrected chi connectivity index (χ3v) is 5.01. The van der Waals surface area contributed by atoms with Gasteiger partial charge in [-0.05, 0) is 42.5 Å². The van der Waals surface area contributed by atoms with E-state index in [9.17, 15) is 4.39 Å².